The van der Waals surface area contributed by atoms with Crippen LogP contribution in [-0.4, -0.2) is 32.1 Å². The molecule has 0 saturated carbocycles. The van der Waals surface area contributed by atoms with Crippen molar-refractivity contribution in [2.75, 3.05) is 32.5 Å². The summed E-state index contributed by atoms with van der Waals surface area (Å²) in [5.41, 5.74) is 2.12. The number of nitrogens with zero attached hydrogens (tertiary/aromatic N) is 1. The van der Waals surface area contributed by atoms with Crippen molar-refractivity contribution >= 4 is 23.4 Å². The predicted octanol–water partition coefficient (Wildman–Crippen LogP) is 2.96. The van der Waals surface area contributed by atoms with Gasteiger partial charge in [-0.05, 0) is 31.8 Å². The molecule has 0 fully saturated rings. The van der Waals surface area contributed by atoms with Crippen LogP contribution in [0.2, 0.25) is 5.02 Å². The zero-order valence-corrected chi connectivity index (χ0v) is 10.0. The number of anilines is 1. The van der Waals surface area contributed by atoms with Crippen LogP contribution in [0.1, 0.15) is 5.56 Å². The third-order valence-electron chi connectivity index (χ3n) is 2.11. The summed E-state index contributed by atoms with van der Waals surface area (Å²) >= 11 is 5.93. The third kappa shape index (κ3) is 3.94. The molecule has 0 heterocycles. The van der Waals surface area contributed by atoms with Gasteiger partial charge in [0.1, 0.15) is 0 Å². The molecule has 0 spiro atoms. The highest BCUT2D eigenvalue weighted by Crippen LogP contribution is 2.21. The molecule has 0 atom stereocenters. The molecule has 0 radical (unpaired) electrons. The van der Waals surface area contributed by atoms with Crippen LogP contribution in [0.3, 0.4) is 0 Å². The number of hydrogen-bond donors (Lipinski definition) is 1. The zero-order valence-electron chi connectivity index (χ0n) is 9.26. The van der Waals surface area contributed by atoms with Gasteiger partial charge < -0.3 is 10.2 Å². The fourth-order valence-electron chi connectivity index (χ4n) is 1.27. The molecule has 0 aromatic heterocycles. The molecule has 1 aromatic carbocycles. The highest BCUT2D eigenvalue weighted by Gasteiger charge is 1.99. The topological polar surface area (TPSA) is 15.3 Å². The van der Waals surface area contributed by atoms with Gasteiger partial charge in [-0.25, -0.2) is 0 Å². The van der Waals surface area contributed by atoms with E-state index >= 15 is 0 Å². The van der Waals surface area contributed by atoms with Gasteiger partial charge in [-0.1, -0.05) is 30.3 Å². The summed E-state index contributed by atoms with van der Waals surface area (Å²) < 4.78 is 0. The van der Waals surface area contributed by atoms with Crippen LogP contribution in [0, 0.1) is 0 Å². The molecule has 0 aliphatic rings. The lowest BCUT2D eigenvalue weighted by molar-refractivity contribution is 0.425. The van der Waals surface area contributed by atoms with Crippen LogP contribution in [0.4, 0.5) is 5.69 Å². The Morgan fingerprint density at radius 1 is 1.47 bits per heavy atom. The monoisotopic (exact) mass is 224 g/mol. The highest BCUT2D eigenvalue weighted by molar-refractivity contribution is 6.30. The fourth-order valence-corrected chi connectivity index (χ4v) is 1.45. The minimum atomic E-state index is 0.743. The van der Waals surface area contributed by atoms with Gasteiger partial charge >= 0.3 is 0 Å². The summed E-state index contributed by atoms with van der Waals surface area (Å²) in [4.78, 5) is 2.13. The van der Waals surface area contributed by atoms with E-state index in [4.69, 9.17) is 11.6 Å². The third-order valence-corrected chi connectivity index (χ3v) is 2.34. The standard InChI is InChI=1S/C12H17ClN2/c1-4-10-5-6-11(13)9-12(10)14-7-8-15(2)3/h4-6,9,14H,1,7-8H2,2-3H3. The van der Waals surface area contributed by atoms with Gasteiger partial charge in [-0.2, -0.15) is 0 Å². The second kappa shape index (κ2) is 5.79. The number of nitrogens with one attached hydrogen (secondary N) is 1. The Morgan fingerprint density at radius 3 is 2.80 bits per heavy atom. The van der Waals surface area contributed by atoms with E-state index in [2.05, 4.69) is 16.8 Å². The average molecular weight is 225 g/mol. The molecule has 0 aliphatic heterocycles. The molecular weight excluding hydrogens is 208 g/mol. The van der Waals surface area contributed by atoms with Gasteiger partial charge in [0, 0.05) is 23.8 Å². The van der Waals surface area contributed by atoms with Crippen molar-refractivity contribution in [1.29, 1.82) is 0 Å². The van der Waals surface area contributed by atoms with E-state index in [-0.39, 0.29) is 0 Å². The first-order chi connectivity index (χ1) is 7.13. The lowest BCUT2D eigenvalue weighted by Gasteiger charge is -2.13. The maximum absolute atomic E-state index is 5.93. The van der Waals surface area contributed by atoms with Crippen molar-refractivity contribution < 1.29 is 0 Å². The normalized spacial score (nSPS) is 10.4. The first-order valence-corrected chi connectivity index (χ1v) is 5.32. The molecule has 0 bridgehead atoms. The SMILES string of the molecule is C=Cc1ccc(Cl)cc1NCCN(C)C. The fraction of sp³-hybridized carbons (Fsp3) is 0.333. The molecule has 3 heteroatoms. The Hall–Kier alpha value is -0.990. The number of benzene rings is 1. The Balaban J connectivity index is 2.66. The number of halogens is 1. The Morgan fingerprint density at radius 2 is 2.20 bits per heavy atom. The van der Waals surface area contributed by atoms with Gasteiger partial charge in [0.15, 0.2) is 0 Å². The molecule has 2 nitrogen and oxygen atoms in total. The van der Waals surface area contributed by atoms with Crippen molar-refractivity contribution in [3.05, 3.63) is 35.4 Å². The molecule has 82 valence electrons. The van der Waals surface area contributed by atoms with E-state index in [1.165, 1.54) is 0 Å². The number of likely N-dealkylation sites (N-methyl/N-ethyl adjacent to an activating group) is 1. The number of rotatable bonds is 5. The summed E-state index contributed by atoms with van der Waals surface area (Å²) in [6.07, 6.45) is 1.83. The first kappa shape index (κ1) is 12.1. The Bertz CT molecular complexity index is 334. The van der Waals surface area contributed by atoms with Crippen LogP contribution in [0.5, 0.6) is 0 Å². The van der Waals surface area contributed by atoms with Crippen molar-refractivity contribution in [3.63, 3.8) is 0 Å². The molecule has 0 aliphatic carbocycles. The van der Waals surface area contributed by atoms with Crippen molar-refractivity contribution in [1.82, 2.24) is 4.90 Å². The van der Waals surface area contributed by atoms with Gasteiger partial charge in [0.05, 0.1) is 0 Å². The molecule has 1 N–H and O–H groups in total. The minimum absolute atomic E-state index is 0.743. The van der Waals surface area contributed by atoms with Crippen LogP contribution < -0.4 is 5.32 Å². The van der Waals surface area contributed by atoms with Crippen molar-refractivity contribution in [2.45, 2.75) is 0 Å². The number of hydrogen-bond acceptors (Lipinski definition) is 2. The first-order valence-electron chi connectivity index (χ1n) is 4.94. The second-order valence-electron chi connectivity index (χ2n) is 3.67. The van der Waals surface area contributed by atoms with Gasteiger partial charge in [0.2, 0.25) is 0 Å². The van der Waals surface area contributed by atoms with E-state index in [9.17, 15) is 0 Å². The lowest BCUT2D eigenvalue weighted by atomic mass is 10.2. The average Bonchev–Trinajstić information content (AvgIpc) is 2.17. The van der Waals surface area contributed by atoms with E-state index in [0.717, 1.165) is 29.4 Å². The van der Waals surface area contributed by atoms with Crippen LogP contribution >= 0.6 is 11.6 Å². The van der Waals surface area contributed by atoms with Crippen LogP contribution in [0.15, 0.2) is 24.8 Å². The van der Waals surface area contributed by atoms with Crippen LogP contribution in [0.25, 0.3) is 6.08 Å². The van der Waals surface area contributed by atoms with Crippen molar-refractivity contribution in [3.8, 4) is 0 Å². The molecule has 0 saturated heterocycles. The van der Waals surface area contributed by atoms with Crippen molar-refractivity contribution in [2.24, 2.45) is 0 Å². The van der Waals surface area contributed by atoms with E-state index < -0.39 is 0 Å². The van der Waals surface area contributed by atoms with Gasteiger partial charge in [0.25, 0.3) is 0 Å². The lowest BCUT2D eigenvalue weighted by Crippen LogP contribution is -2.21. The van der Waals surface area contributed by atoms with E-state index in [0.29, 0.717) is 0 Å². The Labute approximate surface area is 96.5 Å². The summed E-state index contributed by atoms with van der Waals surface area (Å²) in [5.74, 6) is 0. The highest BCUT2D eigenvalue weighted by atomic mass is 35.5. The molecule has 1 aromatic rings. The minimum Gasteiger partial charge on any atom is -0.383 e. The molecule has 15 heavy (non-hydrogen) atoms. The van der Waals surface area contributed by atoms with Gasteiger partial charge in [-0.3, -0.25) is 0 Å². The molecule has 1 rings (SSSR count). The Kier molecular flexibility index (Phi) is 4.66. The summed E-state index contributed by atoms with van der Waals surface area (Å²) in [7, 11) is 4.10. The summed E-state index contributed by atoms with van der Waals surface area (Å²) in [6, 6.07) is 5.76. The molecule has 0 amide bonds. The maximum atomic E-state index is 5.93. The van der Waals surface area contributed by atoms with E-state index in [1.807, 2.05) is 38.4 Å². The largest absolute Gasteiger partial charge is 0.383 e. The summed E-state index contributed by atoms with van der Waals surface area (Å²) in [5, 5.41) is 4.08. The molecule has 0 unspecified atom stereocenters. The smallest absolute Gasteiger partial charge is 0.0428 e. The molecular formula is C12H17ClN2. The quantitative estimate of drug-likeness (QED) is 0.828. The van der Waals surface area contributed by atoms with Gasteiger partial charge in [-0.15, -0.1) is 0 Å². The maximum Gasteiger partial charge on any atom is 0.0428 e. The summed E-state index contributed by atoms with van der Waals surface area (Å²) in [6.45, 7) is 5.66. The second-order valence-corrected chi connectivity index (χ2v) is 4.10. The predicted molar refractivity (Wildman–Crippen MR) is 68.6 cm³/mol. The zero-order chi connectivity index (χ0) is 11.3. The van der Waals surface area contributed by atoms with Crippen LogP contribution in [-0.2, 0) is 0 Å². The van der Waals surface area contributed by atoms with E-state index in [1.54, 1.807) is 0 Å².